The molecule has 1 unspecified atom stereocenters. The van der Waals surface area contributed by atoms with Gasteiger partial charge in [-0.05, 0) is 55.3 Å². The molecule has 2 aromatic carbocycles. The van der Waals surface area contributed by atoms with Crippen LogP contribution < -0.4 is 10.0 Å². The number of sulfonamides is 1. The molecule has 156 valence electrons. The quantitative estimate of drug-likeness (QED) is 0.763. The van der Waals surface area contributed by atoms with Crippen molar-refractivity contribution in [1.82, 2.24) is 0 Å². The standard InChI is InChI=1S/C20H24N2O6S/c1-12(23)27-11-14-10-22(19(24)28-20(2,3)4)17-8-5-13-9-15(29(21,25)26)6-7-16(13)18(14)17/h5-9,14H,10-11H2,1-4H3,(H2,21,25,26). The van der Waals surface area contributed by atoms with E-state index in [1.807, 2.05) is 0 Å². The van der Waals surface area contributed by atoms with Crippen LogP contribution in [0.5, 0.6) is 0 Å². The van der Waals surface area contributed by atoms with Gasteiger partial charge in [-0.15, -0.1) is 0 Å². The van der Waals surface area contributed by atoms with Crippen LogP contribution in [0.4, 0.5) is 10.5 Å². The van der Waals surface area contributed by atoms with E-state index in [1.165, 1.54) is 24.0 Å². The van der Waals surface area contributed by atoms with Crippen LogP contribution in [0, 0.1) is 0 Å². The zero-order chi connectivity index (χ0) is 21.6. The number of nitrogens with two attached hydrogens (primary N) is 1. The van der Waals surface area contributed by atoms with E-state index in [0.29, 0.717) is 11.1 Å². The Morgan fingerprint density at radius 3 is 2.48 bits per heavy atom. The van der Waals surface area contributed by atoms with Crippen molar-refractivity contribution in [3.8, 4) is 0 Å². The lowest BCUT2D eigenvalue weighted by atomic mass is 9.95. The van der Waals surface area contributed by atoms with Crippen molar-refractivity contribution in [1.29, 1.82) is 0 Å². The highest BCUT2D eigenvalue weighted by Gasteiger charge is 2.36. The summed E-state index contributed by atoms with van der Waals surface area (Å²) >= 11 is 0. The number of amides is 1. The number of ether oxygens (including phenoxy) is 2. The normalized spacial score (nSPS) is 16.6. The minimum absolute atomic E-state index is 0.00322. The first-order chi connectivity index (χ1) is 13.4. The van der Waals surface area contributed by atoms with Crippen LogP contribution in [-0.4, -0.2) is 39.2 Å². The molecular weight excluding hydrogens is 396 g/mol. The third-order valence-electron chi connectivity index (χ3n) is 4.54. The zero-order valence-corrected chi connectivity index (χ0v) is 17.6. The Morgan fingerprint density at radius 1 is 1.21 bits per heavy atom. The Labute approximate surface area is 169 Å². The molecule has 0 radical (unpaired) electrons. The van der Waals surface area contributed by atoms with Crippen LogP contribution in [0.25, 0.3) is 10.8 Å². The number of rotatable bonds is 3. The smallest absolute Gasteiger partial charge is 0.414 e. The zero-order valence-electron chi connectivity index (χ0n) is 16.8. The number of carbonyl (C=O) groups excluding carboxylic acids is 2. The molecule has 8 nitrogen and oxygen atoms in total. The molecule has 1 heterocycles. The van der Waals surface area contributed by atoms with Crippen LogP contribution >= 0.6 is 0 Å². The number of nitrogens with zero attached hydrogens (tertiary/aromatic N) is 1. The van der Waals surface area contributed by atoms with E-state index in [2.05, 4.69) is 0 Å². The number of hydrogen-bond acceptors (Lipinski definition) is 6. The van der Waals surface area contributed by atoms with E-state index in [0.717, 1.165) is 10.9 Å². The fourth-order valence-corrected chi connectivity index (χ4v) is 3.96. The maximum absolute atomic E-state index is 12.7. The van der Waals surface area contributed by atoms with Gasteiger partial charge < -0.3 is 9.47 Å². The van der Waals surface area contributed by atoms with E-state index in [-0.39, 0.29) is 24.0 Å². The summed E-state index contributed by atoms with van der Waals surface area (Å²) in [5.41, 5.74) is 0.787. The molecule has 0 aromatic heterocycles. The largest absolute Gasteiger partial charge is 0.465 e. The third kappa shape index (κ3) is 4.51. The van der Waals surface area contributed by atoms with Gasteiger partial charge in [-0.2, -0.15) is 0 Å². The van der Waals surface area contributed by atoms with Gasteiger partial charge in [0, 0.05) is 19.4 Å². The number of primary sulfonamides is 1. The van der Waals surface area contributed by atoms with Gasteiger partial charge in [0.05, 0.1) is 17.2 Å². The molecule has 9 heteroatoms. The summed E-state index contributed by atoms with van der Waals surface area (Å²) < 4.78 is 34.1. The van der Waals surface area contributed by atoms with Crippen LogP contribution in [0.3, 0.4) is 0 Å². The lowest BCUT2D eigenvalue weighted by Crippen LogP contribution is -2.36. The lowest BCUT2D eigenvalue weighted by molar-refractivity contribution is -0.141. The first-order valence-electron chi connectivity index (χ1n) is 9.10. The first kappa shape index (κ1) is 21.1. The number of benzene rings is 2. The summed E-state index contributed by atoms with van der Waals surface area (Å²) in [7, 11) is -3.84. The second-order valence-electron chi connectivity index (χ2n) is 8.02. The Balaban J connectivity index is 2.10. The van der Waals surface area contributed by atoms with Crippen LogP contribution in [-0.2, 0) is 24.3 Å². The van der Waals surface area contributed by atoms with Gasteiger partial charge in [-0.25, -0.2) is 18.4 Å². The van der Waals surface area contributed by atoms with Gasteiger partial charge in [0.25, 0.3) is 0 Å². The van der Waals surface area contributed by atoms with Crippen LogP contribution in [0.1, 0.15) is 39.2 Å². The van der Waals surface area contributed by atoms with Crippen molar-refractivity contribution in [2.75, 3.05) is 18.1 Å². The van der Waals surface area contributed by atoms with E-state index in [4.69, 9.17) is 14.6 Å². The Bertz CT molecular complexity index is 1090. The number of esters is 1. The van der Waals surface area contributed by atoms with Crippen molar-refractivity contribution in [2.45, 2.75) is 44.1 Å². The lowest BCUT2D eigenvalue weighted by Gasteiger charge is -2.25. The molecule has 1 amide bonds. The average Bonchev–Trinajstić information content (AvgIpc) is 2.96. The summed E-state index contributed by atoms with van der Waals surface area (Å²) in [5, 5.41) is 6.66. The van der Waals surface area contributed by atoms with Gasteiger partial charge in [-0.3, -0.25) is 9.69 Å². The second kappa shape index (κ2) is 7.31. The molecule has 1 atom stereocenters. The predicted molar refractivity (Wildman–Crippen MR) is 108 cm³/mol. The highest BCUT2D eigenvalue weighted by molar-refractivity contribution is 7.89. The summed E-state index contributed by atoms with van der Waals surface area (Å²) in [6.45, 7) is 7.06. The minimum atomic E-state index is -3.84. The summed E-state index contributed by atoms with van der Waals surface area (Å²) in [6.07, 6.45) is -0.496. The molecular formula is C20H24N2O6S. The number of hydrogen-bond donors (Lipinski definition) is 1. The maximum atomic E-state index is 12.7. The Kier molecular flexibility index (Phi) is 5.31. The number of fused-ring (bicyclic) bond motifs is 3. The highest BCUT2D eigenvalue weighted by atomic mass is 32.2. The summed E-state index contributed by atoms with van der Waals surface area (Å²) in [6, 6.07) is 8.05. The molecule has 3 rings (SSSR count). The van der Waals surface area contributed by atoms with Crippen molar-refractivity contribution < 1.29 is 27.5 Å². The second-order valence-corrected chi connectivity index (χ2v) is 9.58. The van der Waals surface area contributed by atoms with Crippen LogP contribution in [0.2, 0.25) is 0 Å². The SMILES string of the molecule is CC(=O)OCC1CN(C(=O)OC(C)(C)C)c2ccc3cc(S(N)(=O)=O)ccc3c21. The molecule has 1 aliphatic rings. The molecule has 0 saturated heterocycles. The molecule has 0 bridgehead atoms. The summed E-state index contributed by atoms with van der Waals surface area (Å²) in [4.78, 5) is 25.6. The summed E-state index contributed by atoms with van der Waals surface area (Å²) in [5.74, 6) is -0.690. The fourth-order valence-electron chi connectivity index (χ4n) is 3.42. The fraction of sp³-hybridized carbons (Fsp3) is 0.400. The van der Waals surface area contributed by atoms with Crippen LogP contribution in [0.15, 0.2) is 35.2 Å². The van der Waals surface area contributed by atoms with Crippen molar-refractivity contribution in [3.05, 3.63) is 35.9 Å². The first-order valence-corrected chi connectivity index (χ1v) is 10.6. The molecule has 0 spiro atoms. The van der Waals surface area contributed by atoms with Gasteiger partial charge in [0.2, 0.25) is 10.0 Å². The van der Waals surface area contributed by atoms with Gasteiger partial charge >= 0.3 is 12.1 Å². The van der Waals surface area contributed by atoms with E-state index >= 15 is 0 Å². The van der Waals surface area contributed by atoms with E-state index in [9.17, 15) is 18.0 Å². The highest BCUT2D eigenvalue weighted by Crippen LogP contribution is 2.42. The van der Waals surface area contributed by atoms with Gasteiger partial charge in [0.1, 0.15) is 5.60 Å². The monoisotopic (exact) mass is 420 g/mol. The number of carbonyl (C=O) groups is 2. The molecule has 2 N–H and O–H groups in total. The molecule has 1 aliphatic heterocycles. The van der Waals surface area contributed by atoms with Crippen molar-refractivity contribution in [3.63, 3.8) is 0 Å². The molecule has 29 heavy (non-hydrogen) atoms. The molecule has 2 aromatic rings. The van der Waals surface area contributed by atoms with E-state index in [1.54, 1.807) is 39.0 Å². The van der Waals surface area contributed by atoms with Crippen molar-refractivity contribution >= 4 is 38.5 Å². The Hall–Kier alpha value is -2.65. The third-order valence-corrected chi connectivity index (χ3v) is 5.45. The average molecular weight is 420 g/mol. The number of anilines is 1. The molecule has 0 fully saturated rings. The van der Waals surface area contributed by atoms with Crippen molar-refractivity contribution in [2.24, 2.45) is 5.14 Å². The van der Waals surface area contributed by atoms with E-state index < -0.39 is 27.7 Å². The van der Waals surface area contributed by atoms with Gasteiger partial charge in [-0.1, -0.05) is 12.1 Å². The topological polar surface area (TPSA) is 116 Å². The molecule has 0 saturated carbocycles. The predicted octanol–water partition coefficient (Wildman–Crippen LogP) is 2.89. The minimum Gasteiger partial charge on any atom is -0.465 e. The van der Waals surface area contributed by atoms with Gasteiger partial charge in [0.15, 0.2) is 0 Å². The Morgan fingerprint density at radius 2 is 1.90 bits per heavy atom. The maximum Gasteiger partial charge on any atom is 0.414 e. The molecule has 0 aliphatic carbocycles.